The zero-order valence-electron chi connectivity index (χ0n) is 15.5. The highest BCUT2D eigenvalue weighted by Gasteiger charge is 2.15. The van der Waals surface area contributed by atoms with Crippen LogP contribution in [0.15, 0.2) is 71.8 Å². The normalized spacial score (nSPS) is 10.9. The number of hydrogen-bond donors (Lipinski definition) is 2. The SMILES string of the molecule is CCOc1ccc(S(=O)(=O)Nc2ccc(Nc3cccc(OC)c3)cn2)cc1. The van der Waals surface area contributed by atoms with Gasteiger partial charge in [-0.15, -0.1) is 0 Å². The molecule has 0 unspecified atom stereocenters. The Morgan fingerprint density at radius 2 is 1.75 bits per heavy atom. The highest BCUT2D eigenvalue weighted by Crippen LogP contribution is 2.22. The number of nitrogens with zero attached hydrogens (tertiary/aromatic N) is 1. The van der Waals surface area contributed by atoms with E-state index in [0.29, 0.717) is 12.4 Å². The largest absolute Gasteiger partial charge is 0.497 e. The van der Waals surface area contributed by atoms with E-state index in [1.165, 1.54) is 12.1 Å². The van der Waals surface area contributed by atoms with Crippen LogP contribution < -0.4 is 19.5 Å². The molecule has 3 aromatic rings. The Kier molecular flexibility index (Phi) is 6.00. The van der Waals surface area contributed by atoms with Crippen molar-refractivity contribution in [3.05, 3.63) is 66.9 Å². The predicted octanol–water partition coefficient (Wildman–Crippen LogP) is 4.03. The van der Waals surface area contributed by atoms with E-state index in [1.54, 1.807) is 37.6 Å². The number of anilines is 3. The molecule has 0 bridgehead atoms. The molecule has 0 spiro atoms. The lowest BCUT2D eigenvalue weighted by Crippen LogP contribution is -2.13. The van der Waals surface area contributed by atoms with Crippen molar-refractivity contribution in [2.75, 3.05) is 23.8 Å². The standard InChI is InChI=1S/C20H21N3O4S/c1-3-27-17-8-10-19(11-9-17)28(24,25)23-20-12-7-16(14-21-20)22-15-5-4-6-18(13-15)26-2/h4-14,22H,3H2,1-2H3,(H,21,23). The summed E-state index contributed by atoms with van der Waals surface area (Å²) in [6.45, 7) is 2.38. The van der Waals surface area contributed by atoms with Crippen LogP contribution in [0, 0.1) is 0 Å². The molecule has 1 heterocycles. The summed E-state index contributed by atoms with van der Waals surface area (Å²) in [4.78, 5) is 4.30. The Morgan fingerprint density at radius 1 is 0.964 bits per heavy atom. The summed E-state index contributed by atoms with van der Waals surface area (Å²) in [5.41, 5.74) is 1.56. The summed E-state index contributed by atoms with van der Waals surface area (Å²) in [7, 11) is -2.13. The van der Waals surface area contributed by atoms with E-state index < -0.39 is 10.0 Å². The van der Waals surface area contributed by atoms with Crippen LogP contribution in [0.2, 0.25) is 0 Å². The molecule has 0 atom stereocenters. The molecule has 146 valence electrons. The second kappa shape index (κ2) is 8.62. The molecule has 0 radical (unpaired) electrons. The van der Waals surface area contributed by atoms with Crippen molar-refractivity contribution in [1.29, 1.82) is 0 Å². The number of hydrogen-bond acceptors (Lipinski definition) is 6. The van der Waals surface area contributed by atoms with Crippen LogP contribution in [0.1, 0.15) is 6.92 Å². The summed E-state index contributed by atoms with van der Waals surface area (Å²) < 4.78 is 38.0. The van der Waals surface area contributed by atoms with Gasteiger partial charge in [0.2, 0.25) is 0 Å². The maximum atomic E-state index is 12.5. The minimum atomic E-state index is -3.73. The van der Waals surface area contributed by atoms with Crippen LogP contribution >= 0.6 is 0 Å². The second-order valence-corrected chi connectivity index (χ2v) is 7.48. The van der Waals surface area contributed by atoms with E-state index in [9.17, 15) is 8.42 Å². The van der Waals surface area contributed by atoms with Gasteiger partial charge >= 0.3 is 0 Å². The molecule has 0 saturated heterocycles. The molecule has 0 amide bonds. The van der Waals surface area contributed by atoms with Crippen LogP contribution in [-0.4, -0.2) is 27.1 Å². The lowest BCUT2D eigenvalue weighted by Gasteiger charge is -2.10. The number of sulfonamides is 1. The van der Waals surface area contributed by atoms with Crippen LogP contribution in [-0.2, 0) is 10.0 Å². The van der Waals surface area contributed by atoms with Gasteiger partial charge < -0.3 is 14.8 Å². The maximum absolute atomic E-state index is 12.5. The number of methoxy groups -OCH3 is 1. The van der Waals surface area contributed by atoms with Crippen molar-refractivity contribution in [2.45, 2.75) is 11.8 Å². The van der Waals surface area contributed by atoms with Gasteiger partial charge in [0.15, 0.2) is 0 Å². The topological polar surface area (TPSA) is 89.6 Å². The van der Waals surface area contributed by atoms with Crippen molar-refractivity contribution < 1.29 is 17.9 Å². The van der Waals surface area contributed by atoms with Crippen molar-refractivity contribution in [1.82, 2.24) is 4.98 Å². The van der Waals surface area contributed by atoms with Gasteiger partial charge in [0.25, 0.3) is 10.0 Å². The van der Waals surface area contributed by atoms with Gasteiger partial charge in [-0.3, -0.25) is 4.72 Å². The summed E-state index contributed by atoms with van der Waals surface area (Å²) in [6.07, 6.45) is 1.55. The number of rotatable bonds is 8. The van der Waals surface area contributed by atoms with Crippen molar-refractivity contribution in [2.24, 2.45) is 0 Å². The molecule has 0 fully saturated rings. The molecule has 0 aliphatic heterocycles. The Labute approximate surface area is 164 Å². The predicted molar refractivity (Wildman–Crippen MR) is 109 cm³/mol. The Balaban J connectivity index is 1.69. The first kappa shape index (κ1) is 19.5. The first-order chi connectivity index (χ1) is 13.5. The zero-order valence-corrected chi connectivity index (χ0v) is 16.4. The van der Waals surface area contributed by atoms with Crippen molar-refractivity contribution in [3.8, 4) is 11.5 Å². The third-order valence-corrected chi connectivity index (χ3v) is 5.18. The third kappa shape index (κ3) is 4.92. The molecule has 2 aromatic carbocycles. The first-order valence-corrected chi connectivity index (χ1v) is 10.1. The molecule has 1 aromatic heterocycles. The summed E-state index contributed by atoms with van der Waals surface area (Å²) in [6, 6.07) is 17.0. The van der Waals surface area contributed by atoms with E-state index in [1.807, 2.05) is 31.2 Å². The van der Waals surface area contributed by atoms with E-state index in [0.717, 1.165) is 17.1 Å². The molecule has 2 N–H and O–H groups in total. The fraction of sp³-hybridized carbons (Fsp3) is 0.150. The monoisotopic (exact) mass is 399 g/mol. The minimum Gasteiger partial charge on any atom is -0.497 e. The highest BCUT2D eigenvalue weighted by molar-refractivity contribution is 7.92. The Morgan fingerprint density at radius 3 is 2.39 bits per heavy atom. The van der Waals surface area contributed by atoms with Gasteiger partial charge in [0.05, 0.1) is 30.5 Å². The lowest BCUT2D eigenvalue weighted by molar-refractivity contribution is 0.340. The number of pyridine rings is 1. The average Bonchev–Trinajstić information content (AvgIpc) is 2.70. The number of nitrogens with one attached hydrogen (secondary N) is 2. The molecule has 3 rings (SSSR count). The van der Waals surface area contributed by atoms with Crippen molar-refractivity contribution in [3.63, 3.8) is 0 Å². The molecule has 28 heavy (non-hydrogen) atoms. The Bertz CT molecular complexity index is 1020. The van der Waals surface area contributed by atoms with Gasteiger partial charge in [-0.25, -0.2) is 13.4 Å². The number of aromatic nitrogens is 1. The number of ether oxygens (including phenoxy) is 2. The first-order valence-electron chi connectivity index (χ1n) is 8.63. The third-order valence-electron chi connectivity index (χ3n) is 3.81. The highest BCUT2D eigenvalue weighted by atomic mass is 32.2. The molecule has 0 saturated carbocycles. The summed E-state index contributed by atoms with van der Waals surface area (Å²) in [5, 5.41) is 3.18. The fourth-order valence-electron chi connectivity index (χ4n) is 2.47. The van der Waals surface area contributed by atoms with Gasteiger partial charge in [-0.05, 0) is 55.5 Å². The molecule has 0 aliphatic carbocycles. The van der Waals surface area contributed by atoms with Gasteiger partial charge in [0, 0.05) is 11.8 Å². The number of benzene rings is 2. The van der Waals surface area contributed by atoms with E-state index in [-0.39, 0.29) is 10.7 Å². The van der Waals surface area contributed by atoms with Gasteiger partial charge in [-0.2, -0.15) is 0 Å². The van der Waals surface area contributed by atoms with Crippen LogP contribution in [0.5, 0.6) is 11.5 Å². The summed E-state index contributed by atoms with van der Waals surface area (Å²) in [5.74, 6) is 1.58. The van der Waals surface area contributed by atoms with E-state index >= 15 is 0 Å². The van der Waals surface area contributed by atoms with Gasteiger partial charge in [0.1, 0.15) is 17.3 Å². The quantitative estimate of drug-likeness (QED) is 0.594. The van der Waals surface area contributed by atoms with Crippen molar-refractivity contribution >= 4 is 27.2 Å². The van der Waals surface area contributed by atoms with Crippen LogP contribution in [0.3, 0.4) is 0 Å². The van der Waals surface area contributed by atoms with Crippen LogP contribution in [0.4, 0.5) is 17.2 Å². The molecule has 8 heteroatoms. The van der Waals surface area contributed by atoms with E-state index in [2.05, 4.69) is 15.0 Å². The maximum Gasteiger partial charge on any atom is 0.263 e. The molecule has 7 nitrogen and oxygen atoms in total. The fourth-order valence-corrected chi connectivity index (χ4v) is 3.48. The lowest BCUT2D eigenvalue weighted by atomic mass is 10.3. The van der Waals surface area contributed by atoms with E-state index in [4.69, 9.17) is 9.47 Å². The zero-order chi connectivity index (χ0) is 20.0. The molecular weight excluding hydrogens is 378 g/mol. The Hall–Kier alpha value is -3.26. The van der Waals surface area contributed by atoms with Crippen LogP contribution in [0.25, 0.3) is 0 Å². The summed E-state index contributed by atoms with van der Waals surface area (Å²) >= 11 is 0. The van der Waals surface area contributed by atoms with Gasteiger partial charge in [-0.1, -0.05) is 6.07 Å². The smallest absolute Gasteiger partial charge is 0.263 e. The second-order valence-electron chi connectivity index (χ2n) is 5.80. The molecule has 0 aliphatic rings. The average molecular weight is 399 g/mol. The minimum absolute atomic E-state index is 0.135. The molecular formula is C20H21N3O4S.